The van der Waals surface area contributed by atoms with Crippen molar-refractivity contribution in [3.05, 3.63) is 35.9 Å². The molecule has 1 rings (SSSR count). The van der Waals surface area contributed by atoms with E-state index < -0.39 is 5.41 Å². The molecule has 1 atom stereocenters. The molecule has 4 N–H and O–H groups in total. The topological polar surface area (TPSA) is 84.2 Å². The van der Waals surface area contributed by atoms with E-state index in [1.165, 1.54) is 0 Å². The number of carbonyl (C=O) groups is 2. The Morgan fingerprint density at radius 2 is 1.64 bits per heavy atom. The van der Waals surface area contributed by atoms with Gasteiger partial charge in [0.1, 0.15) is 0 Å². The first kappa shape index (κ1) is 20.4. The summed E-state index contributed by atoms with van der Waals surface area (Å²) in [6.07, 6.45) is 0.233. The van der Waals surface area contributed by atoms with Gasteiger partial charge in [-0.2, -0.15) is 0 Å². The summed E-state index contributed by atoms with van der Waals surface area (Å²) < 4.78 is 0. The van der Waals surface area contributed by atoms with Gasteiger partial charge in [-0.1, -0.05) is 51.1 Å². The van der Waals surface area contributed by atoms with Crippen molar-refractivity contribution in [1.82, 2.24) is 10.6 Å². The summed E-state index contributed by atoms with van der Waals surface area (Å²) >= 11 is 0. The van der Waals surface area contributed by atoms with Crippen LogP contribution in [0, 0.1) is 5.41 Å². The average Bonchev–Trinajstić information content (AvgIpc) is 2.43. The minimum absolute atomic E-state index is 0. The third-order valence-corrected chi connectivity index (χ3v) is 3.05. The second kappa shape index (κ2) is 9.43. The minimum Gasteiger partial charge on any atom is -0.354 e. The number of halogens is 1. The van der Waals surface area contributed by atoms with Gasteiger partial charge in [0.15, 0.2) is 0 Å². The van der Waals surface area contributed by atoms with Crippen molar-refractivity contribution in [3.8, 4) is 0 Å². The van der Waals surface area contributed by atoms with Crippen molar-refractivity contribution < 1.29 is 9.59 Å². The third kappa shape index (κ3) is 7.43. The van der Waals surface area contributed by atoms with Crippen molar-refractivity contribution in [3.63, 3.8) is 0 Å². The summed E-state index contributed by atoms with van der Waals surface area (Å²) in [6.45, 7) is 6.37. The Balaban J connectivity index is 0.00000441. The Hall–Kier alpha value is -1.59. The van der Waals surface area contributed by atoms with Gasteiger partial charge in [-0.05, 0) is 5.56 Å². The van der Waals surface area contributed by atoms with Gasteiger partial charge in [-0.25, -0.2) is 0 Å². The fourth-order valence-electron chi connectivity index (χ4n) is 1.73. The number of nitrogens with two attached hydrogens (primary N) is 1. The fraction of sp³-hybridized carbons (Fsp3) is 0.500. The van der Waals surface area contributed by atoms with Crippen molar-refractivity contribution in [2.45, 2.75) is 33.2 Å². The third-order valence-electron chi connectivity index (χ3n) is 3.05. The van der Waals surface area contributed by atoms with Crippen LogP contribution in [-0.2, 0) is 9.59 Å². The Bertz CT molecular complexity index is 472. The number of benzene rings is 1. The molecule has 0 aliphatic heterocycles. The van der Waals surface area contributed by atoms with Gasteiger partial charge in [0.25, 0.3) is 0 Å². The van der Waals surface area contributed by atoms with Gasteiger partial charge >= 0.3 is 0 Å². The smallest absolute Gasteiger partial charge is 0.225 e. The maximum absolute atomic E-state index is 11.8. The number of hydrogen-bond donors (Lipinski definition) is 3. The molecule has 124 valence electrons. The minimum atomic E-state index is -0.417. The predicted molar refractivity (Wildman–Crippen MR) is 90.7 cm³/mol. The molecule has 0 spiro atoms. The van der Waals surface area contributed by atoms with Gasteiger partial charge in [0.05, 0.1) is 0 Å². The summed E-state index contributed by atoms with van der Waals surface area (Å²) in [7, 11) is 0. The molecule has 0 aliphatic carbocycles. The molecule has 0 radical (unpaired) electrons. The van der Waals surface area contributed by atoms with Gasteiger partial charge in [0.2, 0.25) is 11.8 Å². The van der Waals surface area contributed by atoms with E-state index in [0.29, 0.717) is 13.1 Å². The van der Waals surface area contributed by atoms with E-state index in [1.54, 1.807) is 0 Å². The first-order valence-corrected chi connectivity index (χ1v) is 7.16. The van der Waals surface area contributed by atoms with Crippen molar-refractivity contribution >= 4 is 24.2 Å². The zero-order chi connectivity index (χ0) is 15.9. The number of amides is 2. The molecule has 0 saturated carbocycles. The molecular formula is C16H26ClN3O2. The summed E-state index contributed by atoms with van der Waals surface area (Å²) in [5, 5.41) is 5.53. The Morgan fingerprint density at radius 1 is 1.09 bits per heavy atom. The van der Waals surface area contributed by atoms with Crippen LogP contribution in [0.5, 0.6) is 0 Å². The molecule has 1 aromatic rings. The lowest BCUT2D eigenvalue weighted by Gasteiger charge is -2.18. The van der Waals surface area contributed by atoms with Crippen LogP contribution < -0.4 is 16.4 Å². The van der Waals surface area contributed by atoms with E-state index in [1.807, 2.05) is 51.1 Å². The molecule has 5 nitrogen and oxygen atoms in total. The molecule has 0 aromatic heterocycles. The number of carbonyl (C=O) groups excluding carboxylic acids is 2. The van der Waals surface area contributed by atoms with E-state index >= 15 is 0 Å². The highest BCUT2D eigenvalue weighted by Crippen LogP contribution is 2.13. The van der Waals surface area contributed by atoms with Gasteiger partial charge in [-0.15, -0.1) is 12.4 Å². The number of rotatable bonds is 6. The first-order valence-electron chi connectivity index (χ1n) is 7.16. The lowest BCUT2D eigenvalue weighted by atomic mass is 9.96. The van der Waals surface area contributed by atoms with Crippen molar-refractivity contribution in [2.24, 2.45) is 11.1 Å². The van der Waals surface area contributed by atoms with E-state index in [0.717, 1.165) is 5.56 Å². The molecule has 0 fully saturated rings. The SMILES string of the molecule is CC(C)(C)C(=O)NCCNC(=O)CC(N)c1ccccc1.Cl. The van der Waals surface area contributed by atoms with Crippen LogP contribution in [0.1, 0.15) is 38.8 Å². The largest absolute Gasteiger partial charge is 0.354 e. The molecule has 1 unspecified atom stereocenters. The lowest BCUT2D eigenvalue weighted by molar-refractivity contribution is -0.128. The van der Waals surface area contributed by atoms with Crippen LogP contribution in [-0.4, -0.2) is 24.9 Å². The highest BCUT2D eigenvalue weighted by molar-refractivity contribution is 5.85. The summed E-state index contributed by atoms with van der Waals surface area (Å²) in [5.41, 5.74) is 6.50. The zero-order valence-electron chi connectivity index (χ0n) is 13.4. The van der Waals surface area contributed by atoms with Crippen LogP contribution >= 0.6 is 12.4 Å². The van der Waals surface area contributed by atoms with E-state index in [2.05, 4.69) is 10.6 Å². The second-order valence-electron chi connectivity index (χ2n) is 6.08. The molecule has 1 aromatic carbocycles. The van der Waals surface area contributed by atoms with Crippen LogP contribution in [0.15, 0.2) is 30.3 Å². The molecule has 22 heavy (non-hydrogen) atoms. The maximum atomic E-state index is 11.8. The van der Waals surface area contributed by atoms with Crippen LogP contribution in [0.3, 0.4) is 0 Å². The maximum Gasteiger partial charge on any atom is 0.225 e. The number of hydrogen-bond acceptors (Lipinski definition) is 3. The van der Waals surface area contributed by atoms with E-state index in [-0.39, 0.29) is 36.7 Å². The Morgan fingerprint density at radius 3 is 2.18 bits per heavy atom. The molecule has 0 heterocycles. The van der Waals surface area contributed by atoms with Crippen molar-refractivity contribution in [2.75, 3.05) is 13.1 Å². The first-order chi connectivity index (χ1) is 9.80. The lowest BCUT2D eigenvalue weighted by Crippen LogP contribution is -2.40. The van der Waals surface area contributed by atoms with E-state index in [4.69, 9.17) is 5.73 Å². The van der Waals surface area contributed by atoms with Gasteiger partial charge < -0.3 is 16.4 Å². The highest BCUT2D eigenvalue weighted by atomic mass is 35.5. The molecular weight excluding hydrogens is 302 g/mol. The van der Waals surface area contributed by atoms with Gasteiger partial charge in [0, 0.05) is 31.0 Å². The predicted octanol–water partition coefficient (Wildman–Crippen LogP) is 1.78. The molecule has 6 heteroatoms. The monoisotopic (exact) mass is 327 g/mol. The second-order valence-corrected chi connectivity index (χ2v) is 6.08. The summed E-state index contributed by atoms with van der Waals surface area (Å²) in [6, 6.07) is 9.21. The van der Waals surface area contributed by atoms with Crippen LogP contribution in [0.4, 0.5) is 0 Å². The normalized spacial score (nSPS) is 12.0. The summed E-state index contributed by atoms with van der Waals surface area (Å²) in [5.74, 6) is -0.144. The van der Waals surface area contributed by atoms with Gasteiger partial charge in [-0.3, -0.25) is 9.59 Å². The zero-order valence-corrected chi connectivity index (χ0v) is 14.2. The summed E-state index contributed by atoms with van der Waals surface area (Å²) in [4.78, 5) is 23.4. The van der Waals surface area contributed by atoms with Crippen LogP contribution in [0.2, 0.25) is 0 Å². The molecule has 0 saturated heterocycles. The fourth-order valence-corrected chi connectivity index (χ4v) is 1.73. The standard InChI is InChI=1S/C16H25N3O2.ClH/c1-16(2,3)15(21)19-10-9-18-14(20)11-13(17)12-7-5-4-6-8-12;/h4-8,13H,9-11,17H2,1-3H3,(H,18,20)(H,19,21);1H. The Kier molecular flexibility index (Phi) is 8.75. The van der Waals surface area contributed by atoms with Crippen molar-refractivity contribution in [1.29, 1.82) is 0 Å². The highest BCUT2D eigenvalue weighted by Gasteiger charge is 2.20. The molecule has 2 amide bonds. The Labute approximate surface area is 138 Å². The average molecular weight is 328 g/mol. The quantitative estimate of drug-likeness (QED) is 0.696. The molecule has 0 aliphatic rings. The molecule has 0 bridgehead atoms. The van der Waals surface area contributed by atoms with E-state index in [9.17, 15) is 9.59 Å². The van der Waals surface area contributed by atoms with Crippen LogP contribution in [0.25, 0.3) is 0 Å². The number of nitrogens with one attached hydrogen (secondary N) is 2.